The zero-order chi connectivity index (χ0) is 59.5. The molecule has 0 radical (unpaired) electrons. The van der Waals surface area contributed by atoms with Crippen LogP contribution in [0.2, 0.25) is 0 Å². The highest BCUT2D eigenvalue weighted by molar-refractivity contribution is 5.76. The van der Waals surface area contributed by atoms with Gasteiger partial charge in [-0.3, -0.25) is 9.59 Å². The summed E-state index contributed by atoms with van der Waals surface area (Å²) < 4.78 is 16.7. The number of amides is 1. The molecule has 0 bridgehead atoms. The van der Waals surface area contributed by atoms with E-state index in [1.165, 1.54) is 276 Å². The van der Waals surface area contributed by atoms with Gasteiger partial charge >= 0.3 is 5.97 Å². The molecule has 11 nitrogen and oxygen atoms in total. The van der Waals surface area contributed by atoms with E-state index in [1.807, 2.05) is 6.08 Å². The van der Waals surface area contributed by atoms with Crippen LogP contribution in [0.25, 0.3) is 0 Å². The molecular weight excluding hydrogens is 1030 g/mol. The first kappa shape index (κ1) is 78.2. The van der Waals surface area contributed by atoms with Crippen LogP contribution in [0, 0.1) is 0 Å². The van der Waals surface area contributed by atoms with Crippen LogP contribution in [-0.4, -0.2) is 100 Å². The molecule has 1 aliphatic heterocycles. The Kier molecular flexibility index (Phi) is 58.0. The first-order valence-corrected chi connectivity index (χ1v) is 35.6. The molecule has 0 spiro atoms. The number of hydrogen-bond acceptors (Lipinski definition) is 10. The van der Waals surface area contributed by atoms with Gasteiger partial charge in [0, 0.05) is 12.8 Å². The Morgan fingerprint density at radius 3 is 1.17 bits per heavy atom. The van der Waals surface area contributed by atoms with Crippen molar-refractivity contribution in [2.24, 2.45) is 0 Å². The summed E-state index contributed by atoms with van der Waals surface area (Å²) in [5.74, 6) is -0.169. The third-order valence-electron chi connectivity index (χ3n) is 17.1. The molecule has 0 aromatic carbocycles. The van der Waals surface area contributed by atoms with Crippen molar-refractivity contribution < 1.29 is 49.3 Å². The first-order chi connectivity index (χ1) is 40.2. The van der Waals surface area contributed by atoms with Crippen molar-refractivity contribution in [2.45, 2.75) is 397 Å². The van der Waals surface area contributed by atoms with Crippen molar-refractivity contribution in [1.29, 1.82) is 0 Å². The summed E-state index contributed by atoms with van der Waals surface area (Å²) in [5, 5.41) is 54.5. The summed E-state index contributed by atoms with van der Waals surface area (Å²) >= 11 is 0. The van der Waals surface area contributed by atoms with Crippen molar-refractivity contribution in [3.63, 3.8) is 0 Å². The number of nitrogens with one attached hydrogen (secondary N) is 1. The Morgan fingerprint density at radius 2 is 0.780 bits per heavy atom. The maximum absolute atomic E-state index is 13.1. The maximum Gasteiger partial charge on any atom is 0.305 e. The van der Waals surface area contributed by atoms with Gasteiger partial charge in [-0.1, -0.05) is 308 Å². The van der Waals surface area contributed by atoms with Gasteiger partial charge in [0.15, 0.2) is 6.29 Å². The normalized spacial score (nSPS) is 18.3. The summed E-state index contributed by atoms with van der Waals surface area (Å²) in [6, 6.07) is -0.808. The molecule has 82 heavy (non-hydrogen) atoms. The zero-order valence-corrected chi connectivity index (χ0v) is 53.7. The summed E-state index contributed by atoms with van der Waals surface area (Å²) in [4.78, 5) is 25.1. The summed E-state index contributed by atoms with van der Waals surface area (Å²) in [6.07, 6.45) is 65.9. The van der Waals surface area contributed by atoms with E-state index < -0.39 is 49.5 Å². The minimum Gasteiger partial charge on any atom is -0.466 e. The number of hydrogen-bond donors (Lipinski definition) is 6. The van der Waals surface area contributed by atoms with Gasteiger partial charge in [0.2, 0.25) is 5.91 Å². The van der Waals surface area contributed by atoms with E-state index in [0.717, 1.165) is 51.4 Å². The van der Waals surface area contributed by atoms with E-state index in [1.54, 1.807) is 6.08 Å². The number of ether oxygens (including phenoxy) is 3. The lowest BCUT2D eigenvalue weighted by atomic mass is 9.99. The van der Waals surface area contributed by atoms with Gasteiger partial charge in [-0.15, -0.1) is 0 Å². The SMILES string of the molecule is CCCCCCCCCCCCC/C=C/C(O)C(COC1OC(CO)C(O)C(O)C1O)NC(=O)CCCCCCCCCCCCCCCC/C=C\CCCCCCCCCCCCCCOC(=O)CCCCCCCCCCCCC. The fourth-order valence-electron chi connectivity index (χ4n) is 11.4. The van der Waals surface area contributed by atoms with Crippen LogP contribution >= 0.6 is 0 Å². The number of allylic oxidation sites excluding steroid dienone is 3. The number of esters is 1. The number of carbonyl (C=O) groups is 2. The zero-order valence-electron chi connectivity index (χ0n) is 53.7. The molecule has 0 aliphatic carbocycles. The number of aliphatic hydroxyl groups excluding tert-OH is 5. The van der Waals surface area contributed by atoms with Crippen molar-refractivity contribution >= 4 is 11.9 Å². The lowest BCUT2D eigenvalue weighted by Crippen LogP contribution is -2.60. The summed E-state index contributed by atoms with van der Waals surface area (Å²) in [7, 11) is 0. The average molecular weight is 1160 g/mol. The van der Waals surface area contributed by atoms with E-state index in [4.69, 9.17) is 14.2 Å². The smallest absolute Gasteiger partial charge is 0.305 e. The summed E-state index contributed by atoms with van der Waals surface area (Å²) in [5.41, 5.74) is 0. The maximum atomic E-state index is 13.1. The highest BCUT2D eigenvalue weighted by Gasteiger charge is 2.44. The molecule has 1 aliphatic rings. The lowest BCUT2D eigenvalue weighted by molar-refractivity contribution is -0.302. The largest absolute Gasteiger partial charge is 0.466 e. The van der Waals surface area contributed by atoms with Crippen LogP contribution in [0.3, 0.4) is 0 Å². The second-order valence-electron chi connectivity index (χ2n) is 24.9. The predicted octanol–water partition coefficient (Wildman–Crippen LogP) is 18.0. The Hall–Kier alpha value is -1.86. The van der Waals surface area contributed by atoms with Crippen molar-refractivity contribution in [3.05, 3.63) is 24.3 Å². The molecule has 11 heteroatoms. The van der Waals surface area contributed by atoms with Gasteiger partial charge in [-0.05, 0) is 57.8 Å². The summed E-state index contributed by atoms with van der Waals surface area (Å²) in [6.45, 7) is 4.38. The third kappa shape index (κ3) is 49.3. The second-order valence-corrected chi connectivity index (χ2v) is 24.9. The topological polar surface area (TPSA) is 175 Å². The molecule has 1 fully saturated rings. The minimum atomic E-state index is -1.57. The number of aliphatic hydroxyl groups is 5. The monoisotopic (exact) mass is 1160 g/mol. The van der Waals surface area contributed by atoms with Crippen molar-refractivity contribution in [1.82, 2.24) is 5.32 Å². The van der Waals surface area contributed by atoms with Gasteiger partial charge in [-0.2, -0.15) is 0 Å². The van der Waals surface area contributed by atoms with Crippen LogP contribution in [0.4, 0.5) is 0 Å². The fraction of sp³-hybridized carbons (Fsp3) is 0.915. The van der Waals surface area contributed by atoms with Crippen molar-refractivity contribution in [3.8, 4) is 0 Å². The molecule has 1 saturated heterocycles. The molecule has 1 heterocycles. The Morgan fingerprint density at radius 1 is 0.439 bits per heavy atom. The second kappa shape index (κ2) is 60.8. The third-order valence-corrected chi connectivity index (χ3v) is 17.1. The predicted molar refractivity (Wildman–Crippen MR) is 343 cm³/mol. The van der Waals surface area contributed by atoms with Crippen LogP contribution < -0.4 is 5.32 Å². The van der Waals surface area contributed by atoms with Crippen LogP contribution in [0.15, 0.2) is 24.3 Å². The molecule has 0 aromatic heterocycles. The standard InChI is InChI=1S/C71H135NO10/c1-3-5-7-9-11-13-15-34-38-41-45-49-53-57-64(74)63(62-81-71-70(79)69(78)68(77)65(61-73)82-71)72-66(75)58-54-50-46-42-39-35-32-30-28-26-24-22-20-18-16-17-19-21-23-25-27-29-31-33-36-40-44-48-52-56-60-80-67(76)59-55-51-47-43-37-14-12-10-8-6-4-2/h17,19,53,57,63-65,68-71,73-74,77-79H,3-16,18,20-52,54-56,58-62H2,1-2H3,(H,72,75)/b19-17-,57-53+. The van der Waals surface area contributed by atoms with Crippen LogP contribution in [0.1, 0.15) is 354 Å². The first-order valence-electron chi connectivity index (χ1n) is 35.6. The number of unbranched alkanes of at least 4 members (excludes halogenated alkanes) is 47. The van der Waals surface area contributed by atoms with E-state index in [0.29, 0.717) is 19.4 Å². The lowest BCUT2D eigenvalue weighted by Gasteiger charge is -2.40. The molecule has 0 aromatic rings. The molecule has 7 unspecified atom stereocenters. The molecule has 0 saturated carbocycles. The number of carbonyl (C=O) groups excluding carboxylic acids is 2. The van der Waals surface area contributed by atoms with E-state index in [-0.39, 0.29) is 18.5 Å². The molecule has 1 amide bonds. The van der Waals surface area contributed by atoms with Gasteiger partial charge in [0.25, 0.3) is 0 Å². The Balaban J connectivity index is 1.97. The molecular formula is C71H135NO10. The quantitative estimate of drug-likeness (QED) is 0.0195. The van der Waals surface area contributed by atoms with Gasteiger partial charge in [0.05, 0.1) is 32.0 Å². The minimum absolute atomic E-state index is 0.00903. The molecule has 7 atom stereocenters. The van der Waals surface area contributed by atoms with E-state index in [2.05, 4.69) is 31.3 Å². The highest BCUT2D eigenvalue weighted by Crippen LogP contribution is 2.23. The molecule has 484 valence electrons. The van der Waals surface area contributed by atoms with Crippen LogP contribution in [-0.2, 0) is 23.8 Å². The molecule has 1 rings (SSSR count). The van der Waals surface area contributed by atoms with Gasteiger partial charge < -0.3 is 45.1 Å². The highest BCUT2D eigenvalue weighted by atomic mass is 16.7. The molecule has 6 N–H and O–H groups in total. The Labute approximate surface area is 505 Å². The van der Waals surface area contributed by atoms with Crippen LogP contribution in [0.5, 0.6) is 0 Å². The average Bonchev–Trinajstić information content (AvgIpc) is 3.69. The number of rotatable bonds is 63. The Bertz CT molecular complexity index is 1410. The van der Waals surface area contributed by atoms with Crippen molar-refractivity contribution in [2.75, 3.05) is 19.8 Å². The van der Waals surface area contributed by atoms with Gasteiger partial charge in [-0.25, -0.2) is 0 Å². The van der Waals surface area contributed by atoms with E-state index in [9.17, 15) is 35.1 Å². The van der Waals surface area contributed by atoms with E-state index >= 15 is 0 Å². The van der Waals surface area contributed by atoms with Gasteiger partial charge in [0.1, 0.15) is 24.4 Å². The fourth-order valence-corrected chi connectivity index (χ4v) is 11.4.